The quantitative estimate of drug-likeness (QED) is 0.322. The molecule has 1 N–H and O–H groups in total. The van der Waals surface area contributed by atoms with Gasteiger partial charge in [-0.25, -0.2) is 8.42 Å². The number of para-hydroxylation sites is 1. The lowest BCUT2D eigenvalue weighted by molar-refractivity contribution is 0.482. The van der Waals surface area contributed by atoms with Crippen LogP contribution in [0.5, 0.6) is 11.5 Å². The van der Waals surface area contributed by atoms with Crippen LogP contribution in [0, 0.1) is 6.92 Å². The van der Waals surface area contributed by atoms with Crippen molar-refractivity contribution in [3.8, 4) is 11.5 Å². The molecule has 0 saturated carbocycles. The summed E-state index contributed by atoms with van der Waals surface area (Å²) in [6.07, 6.45) is 1.56. The topological polar surface area (TPSA) is 68.3 Å². The minimum atomic E-state index is -3.94. The predicted octanol–water partition coefficient (Wildman–Crippen LogP) is 7.10. The number of benzene rings is 3. The number of pyridine rings is 1. The second-order valence-corrected chi connectivity index (χ2v) is 9.65. The molecule has 9 heteroatoms. The molecule has 158 valence electrons. The number of hydrogen-bond acceptors (Lipinski definition) is 4. The van der Waals surface area contributed by atoms with Crippen molar-refractivity contribution >= 4 is 61.4 Å². The van der Waals surface area contributed by atoms with Crippen molar-refractivity contribution in [2.75, 3.05) is 4.72 Å². The summed E-state index contributed by atoms with van der Waals surface area (Å²) in [6, 6.07) is 16.9. The van der Waals surface area contributed by atoms with Crippen molar-refractivity contribution in [2.24, 2.45) is 0 Å². The van der Waals surface area contributed by atoms with Crippen molar-refractivity contribution in [2.45, 2.75) is 11.8 Å². The fourth-order valence-electron chi connectivity index (χ4n) is 2.97. The highest BCUT2D eigenvalue weighted by atomic mass is 35.5. The Hall–Kier alpha value is -2.51. The number of aromatic nitrogens is 1. The maximum Gasteiger partial charge on any atom is 0.263 e. The van der Waals surface area contributed by atoms with Crippen LogP contribution in [0.15, 0.2) is 71.8 Å². The Kier molecular flexibility index (Phi) is 5.99. The Morgan fingerprint density at radius 2 is 1.61 bits per heavy atom. The smallest absolute Gasteiger partial charge is 0.263 e. The third-order valence-electron chi connectivity index (χ3n) is 4.41. The van der Waals surface area contributed by atoms with Gasteiger partial charge in [-0.15, -0.1) is 0 Å². The number of rotatable bonds is 5. The zero-order chi connectivity index (χ0) is 22.2. The first-order chi connectivity index (χ1) is 14.7. The fraction of sp³-hybridized carbons (Fsp3) is 0.0455. The standard InChI is InChI=1S/C22H15Cl3N2O3S/c1-13-6-7-21(17(23)8-13)31(28,29)27-15-10-18(24)22(19(25)11-15)30-16-9-14-4-2-3-5-20(14)26-12-16/h2-12,27H,1H3. The van der Waals surface area contributed by atoms with E-state index in [2.05, 4.69) is 9.71 Å². The summed E-state index contributed by atoms with van der Waals surface area (Å²) in [4.78, 5) is 4.29. The van der Waals surface area contributed by atoms with Crippen LogP contribution < -0.4 is 9.46 Å². The molecule has 5 nitrogen and oxygen atoms in total. The minimum absolute atomic E-state index is 0.0467. The largest absolute Gasteiger partial charge is 0.453 e. The number of nitrogens with one attached hydrogen (secondary N) is 1. The van der Waals surface area contributed by atoms with Crippen LogP contribution in [-0.4, -0.2) is 13.4 Å². The molecule has 31 heavy (non-hydrogen) atoms. The molecule has 4 rings (SSSR count). The molecule has 1 heterocycles. The molecule has 1 aromatic heterocycles. The average molecular weight is 494 g/mol. The van der Waals surface area contributed by atoms with E-state index in [1.165, 1.54) is 18.2 Å². The van der Waals surface area contributed by atoms with Gasteiger partial charge in [0.05, 0.1) is 32.5 Å². The molecule has 0 aliphatic heterocycles. The van der Waals surface area contributed by atoms with E-state index in [4.69, 9.17) is 39.5 Å². The number of hydrogen-bond donors (Lipinski definition) is 1. The van der Waals surface area contributed by atoms with Gasteiger partial charge in [0.15, 0.2) is 5.75 Å². The van der Waals surface area contributed by atoms with Gasteiger partial charge in [-0.05, 0) is 48.9 Å². The van der Waals surface area contributed by atoms with Crippen LogP contribution in [0.3, 0.4) is 0 Å². The van der Waals surface area contributed by atoms with Gasteiger partial charge in [-0.1, -0.05) is 59.1 Å². The lowest BCUT2D eigenvalue weighted by Gasteiger charge is -2.14. The summed E-state index contributed by atoms with van der Waals surface area (Å²) in [6.45, 7) is 1.82. The molecular weight excluding hydrogens is 479 g/mol. The van der Waals surface area contributed by atoms with Crippen LogP contribution in [-0.2, 0) is 10.0 Å². The maximum atomic E-state index is 12.7. The number of ether oxygens (including phenoxy) is 1. The fourth-order valence-corrected chi connectivity index (χ4v) is 5.18. The van der Waals surface area contributed by atoms with E-state index < -0.39 is 10.0 Å². The van der Waals surface area contributed by atoms with E-state index >= 15 is 0 Å². The Bertz CT molecular complexity index is 1390. The van der Waals surface area contributed by atoms with Gasteiger partial charge >= 0.3 is 0 Å². The summed E-state index contributed by atoms with van der Waals surface area (Å²) in [5.74, 6) is 0.638. The van der Waals surface area contributed by atoms with Gasteiger partial charge in [0.1, 0.15) is 10.6 Å². The second-order valence-electron chi connectivity index (χ2n) is 6.77. The first-order valence-corrected chi connectivity index (χ1v) is 11.7. The zero-order valence-electron chi connectivity index (χ0n) is 16.1. The minimum Gasteiger partial charge on any atom is -0.453 e. The number of nitrogens with zero attached hydrogens (tertiary/aromatic N) is 1. The van der Waals surface area contributed by atoms with E-state index in [0.29, 0.717) is 5.75 Å². The molecule has 0 fully saturated rings. The highest BCUT2D eigenvalue weighted by Crippen LogP contribution is 2.39. The predicted molar refractivity (Wildman–Crippen MR) is 125 cm³/mol. The molecular formula is C22H15Cl3N2O3S. The maximum absolute atomic E-state index is 12.7. The van der Waals surface area contributed by atoms with E-state index in [-0.39, 0.29) is 31.4 Å². The van der Waals surface area contributed by atoms with Crippen molar-refractivity contribution in [1.82, 2.24) is 4.98 Å². The van der Waals surface area contributed by atoms with Crippen LogP contribution in [0.2, 0.25) is 15.1 Å². The van der Waals surface area contributed by atoms with Crippen molar-refractivity contribution < 1.29 is 13.2 Å². The molecule has 0 aliphatic carbocycles. The number of halogens is 3. The molecule has 4 aromatic rings. The van der Waals surface area contributed by atoms with Gasteiger partial charge in [0, 0.05) is 5.39 Å². The molecule has 0 radical (unpaired) electrons. The zero-order valence-corrected chi connectivity index (χ0v) is 19.1. The number of aryl methyl sites for hydroxylation is 1. The highest BCUT2D eigenvalue weighted by Gasteiger charge is 2.20. The first-order valence-electron chi connectivity index (χ1n) is 9.03. The number of anilines is 1. The number of fused-ring (bicyclic) bond motifs is 1. The molecule has 3 aromatic carbocycles. The second kappa shape index (κ2) is 8.55. The van der Waals surface area contributed by atoms with Gasteiger partial charge in [-0.2, -0.15) is 0 Å². The van der Waals surface area contributed by atoms with E-state index in [1.54, 1.807) is 18.3 Å². The van der Waals surface area contributed by atoms with E-state index in [1.807, 2.05) is 37.3 Å². The van der Waals surface area contributed by atoms with Crippen LogP contribution in [0.25, 0.3) is 10.9 Å². The van der Waals surface area contributed by atoms with Crippen molar-refractivity contribution in [3.05, 3.63) is 87.5 Å². The number of sulfonamides is 1. The third kappa shape index (κ3) is 4.72. The Morgan fingerprint density at radius 3 is 2.32 bits per heavy atom. The van der Waals surface area contributed by atoms with E-state index in [9.17, 15) is 8.42 Å². The van der Waals surface area contributed by atoms with Crippen LogP contribution >= 0.6 is 34.8 Å². The summed E-state index contributed by atoms with van der Waals surface area (Å²) >= 11 is 18.8. The summed E-state index contributed by atoms with van der Waals surface area (Å²) in [5.41, 5.74) is 1.85. The van der Waals surface area contributed by atoms with Gasteiger partial charge in [0.25, 0.3) is 10.0 Å². The van der Waals surface area contributed by atoms with E-state index in [0.717, 1.165) is 16.5 Å². The van der Waals surface area contributed by atoms with Crippen molar-refractivity contribution in [1.29, 1.82) is 0 Å². The lowest BCUT2D eigenvalue weighted by Crippen LogP contribution is -2.13. The highest BCUT2D eigenvalue weighted by molar-refractivity contribution is 7.92. The monoisotopic (exact) mass is 492 g/mol. The third-order valence-corrected chi connectivity index (χ3v) is 6.84. The van der Waals surface area contributed by atoms with Gasteiger partial charge in [-0.3, -0.25) is 9.71 Å². The van der Waals surface area contributed by atoms with Gasteiger partial charge < -0.3 is 4.74 Å². The summed E-state index contributed by atoms with van der Waals surface area (Å²) in [5, 5.41) is 1.28. The van der Waals surface area contributed by atoms with Crippen LogP contribution in [0.4, 0.5) is 5.69 Å². The molecule has 0 amide bonds. The van der Waals surface area contributed by atoms with Crippen LogP contribution in [0.1, 0.15) is 5.56 Å². The molecule has 0 spiro atoms. The molecule has 0 unspecified atom stereocenters. The molecule has 0 aliphatic rings. The Labute approximate surface area is 194 Å². The molecule has 0 atom stereocenters. The SMILES string of the molecule is Cc1ccc(S(=O)(=O)Nc2cc(Cl)c(Oc3cnc4ccccc4c3)c(Cl)c2)c(Cl)c1. The van der Waals surface area contributed by atoms with Gasteiger partial charge in [0.2, 0.25) is 0 Å². The normalized spacial score (nSPS) is 11.5. The lowest BCUT2D eigenvalue weighted by atomic mass is 10.2. The van der Waals surface area contributed by atoms with Crippen molar-refractivity contribution in [3.63, 3.8) is 0 Å². The first kappa shape index (κ1) is 21.7. The molecule has 0 bridgehead atoms. The Morgan fingerprint density at radius 1 is 0.903 bits per heavy atom. The average Bonchev–Trinajstić information content (AvgIpc) is 2.70. The summed E-state index contributed by atoms with van der Waals surface area (Å²) in [7, 11) is -3.94. The summed E-state index contributed by atoms with van der Waals surface area (Å²) < 4.78 is 33.7. The molecule has 0 saturated heterocycles. The Balaban J connectivity index is 1.62.